The lowest BCUT2D eigenvalue weighted by molar-refractivity contribution is -0.137. The molecule has 0 amide bonds. The van der Waals surface area contributed by atoms with Crippen LogP contribution in [0.1, 0.15) is 33.7 Å². The van der Waals surface area contributed by atoms with Crippen LogP contribution in [0.5, 0.6) is 17.2 Å². The molecule has 0 fully saturated rings. The topological polar surface area (TPSA) is 40.6 Å². The molecule has 32 heavy (non-hydrogen) atoms. The van der Waals surface area contributed by atoms with E-state index in [1.165, 1.54) is 21.3 Å². The Morgan fingerprint density at radius 2 is 1.53 bits per heavy atom. The highest BCUT2D eigenvalue weighted by molar-refractivity contribution is 6.36. The summed E-state index contributed by atoms with van der Waals surface area (Å²) in [6, 6.07) is 10.6. The molecule has 0 bridgehead atoms. The standard InChI is InChI=1S/C23H20Cl2F3NO3/c1-12-10-15(30-2)20(31-3)21(32-4)16(12)17(13-8-6-5-7-9-13)18-19(24)14(23(26,27)28)11-29-22(18)25/h5-11,17H,1-4H3. The van der Waals surface area contributed by atoms with E-state index in [0.717, 1.165) is 0 Å². The molecule has 0 aliphatic rings. The SMILES string of the molecule is COc1cc(C)c(C(c2ccccc2)c2c(Cl)ncc(C(F)(F)F)c2Cl)c(OC)c1OC. The number of aromatic nitrogens is 1. The molecule has 1 atom stereocenters. The quantitative estimate of drug-likeness (QED) is 0.355. The van der Waals surface area contributed by atoms with Gasteiger partial charge < -0.3 is 14.2 Å². The van der Waals surface area contributed by atoms with Crippen molar-refractivity contribution in [1.29, 1.82) is 0 Å². The molecule has 3 rings (SSSR count). The molecule has 0 saturated heterocycles. The molecular weight excluding hydrogens is 466 g/mol. The van der Waals surface area contributed by atoms with Crippen LogP contribution < -0.4 is 14.2 Å². The molecule has 1 unspecified atom stereocenters. The fourth-order valence-electron chi connectivity index (χ4n) is 3.71. The molecule has 2 aromatic carbocycles. The summed E-state index contributed by atoms with van der Waals surface area (Å²) in [4.78, 5) is 3.80. The molecule has 1 aromatic heterocycles. The number of nitrogens with zero attached hydrogens (tertiary/aromatic N) is 1. The molecule has 9 heteroatoms. The summed E-state index contributed by atoms with van der Waals surface area (Å²) in [5, 5.41) is -0.671. The van der Waals surface area contributed by atoms with Crippen LogP contribution in [0.25, 0.3) is 0 Å². The van der Waals surface area contributed by atoms with Crippen molar-refractivity contribution < 1.29 is 27.4 Å². The largest absolute Gasteiger partial charge is 0.493 e. The van der Waals surface area contributed by atoms with Crippen molar-refractivity contribution >= 4 is 23.2 Å². The van der Waals surface area contributed by atoms with Crippen LogP contribution in [0.15, 0.2) is 42.6 Å². The Labute approximate surface area is 193 Å². The first-order valence-electron chi connectivity index (χ1n) is 9.41. The summed E-state index contributed by atoms with van der Waals surface area (Å²) in [6.07, 6.45) is -4.07. The second kappa shape index (κ2) is 9.46. The third kappa shape index (κ3) is 4.32. The molecule has 0 N–H and O–H groups in total. The van der Waals surface area contributed by atoms with Gasteiger partial charge in [0.2, 0.25) is 5.75 Å². The highest BCUT2D eigenvalue weighted by Gasteiger charge is 2.38. The van der Waals surface area contributed by atoms with Crippen molar-refractivity contribution in [3.63, 3.8) is 0 Å². The van der Waals surface area contributed by atoms with Crippen LogP contribution in [-0.2, 0) is 6.18 Å². The van der Waals surface area contributed by atoms with Crippen LogP contribution in [0.4, 0.5) is 13.2 Å². The first-order chi connectivity index (χ1) is 15.1. The fourth-order valence-corrected chi connectivity index (χ4v) is 4.36. The van der Waals surface area contributed by atoms with Gasteiger partial charge in [-0.3, -0.25) is 0 Å². The van der Waals surface area contributed by atoms with Crippen molar-refractivity contribution in [3.8, 4) is 17.2 Å². The molecule has 3 aromatic rings. The van der Waals surface area contributed by atoms with Gasteiger partial charge in [0, 0.05) is 23.2 Å². The monoisotopic (exact) mass is 485 g/mol. The van der Waals surface area contributed by atoms with Gasteiger partial charge in [0.1, 0.15) is 5.15 Å². The number of aryl methyl sites for hydroxylation is 1. The summed E-state index contributed by atoms with van der Waals surface area (Å²) >= 11 is 12.7. The van der Waals surface area contributed by atoms with Crippen LogP contribution in [0.2, 0.25) is 10.2 Å². The molecule has 0 saturated carbocycles. The third-order valence-electron chi connectivity index (χ3n) is 5.09. The van der Waals surface area contributed by atoms with Crippen LogP contribution in [-0.4, -0.2) is 26.3 Å². The maximum Gasteiger partial charge on any atom is 0.419 e. The molecule has 0 aliphatic heterocycles. The molecular formula is C23H20Cl2F3NO3. The summed E-state index contributed by atoms with van der Waals surface area (Å²) in [6.45, 7) is 1.79. The van der Waals surface area contributed by atoms with Crippen molar-refractivity contribution in [2.45, 2.75) is 19.0 Å². The van der Waals surface area contributed by atoms with Gasteiger partial charge in [-0.05, 0) is 24.1 Å². The van der Waals surface area contributed by atoms with E-state index in [1.54, 1.807) is 43.3 Å². The smallest absolute Gasteiger partial charge is 0.419 e. The number of pyridine rings is 1. The fraction of sp³-hybridized carbons (Fsp3) is 0.261. The van der Waals surface area contributed by atoms with E-state index in [9.17, 15) is 13.2 Å². The number of benzene rings is 2. The minimum Gasteiger partial charge on any atom is -0.493 e. The number of alkyl halides is 3. The molecule has 0 aliphatic carbocycles. The highest BCUT2D eigenvalue weighted by Crippen LogP contribution is 2.51. The van der Waals surface area contributed by atoms with Crippen LogP contribution in [0, 0.1) is 6.92 Å². The van der Waals surface area contributed by atoms with Gasteiger partial charge in [0.25, 0.3) is 0 Å². The zero-order chi connectivity index (χ0) is 23.6. The van der Waals surface area contributed by atoms with Gasteiger partial charge in [-0.2, -0.15) is 13.2 Å². The molecule has 0 spiro atoms. The Morgan fingerprint density at radius 3 is 2.06 bits per heavy atom. The number of rotatable bonds is 6. The van der Waals surface area contributed by atoms with Crippen LogP contribution >= 0.6 is 23.2 Å². The number of ether oxygens (including phenoxy) is 3. The normalized spacial score (nSPS) is 12.4. The van der Waals surface area contributed by atoms with Gasteiger partial charge >= 0.3 is 6.18 Å². The van der Waals surface area contributed by atoms with E-state index in [1.807, 2.05) is 0 Å². The number of halogens is 5. The second-order valence-corrected chi connectivity index (χ2v) is 7.64. The first kappa shape index (κ1) is 24.0. The van der Waals surface area contributed by atoms with Gasteiger partial charge in [-0.25, -0.2) is 4.98 Å². The summed E-state index contributed by atoms with van der Waals surface area (Å²) in [5.74, 6) is 0.170. The van der Waals surface area contributed by atoms with Gasteiger partial charge in [-0.15, -0.1) is 0 Å². The van der Waals surface area contributed by atoms with Crippen molar-refractivity contribution in [2.75, 3.05) is 21.3 Å². The molecule has 1 heterocycles. The first-order valence-corrected chi connectivity index (χ1v) is 10.2. The Kier molecular flexibility index (Phi) is 7.10. The second-order valence-electron chi connectivity index (χ2n) is 6.91. The van der Waals surface area contributed by atoms with E-state index < -0.39 is 22.7 Å². The molecule has 170 valence electrons. The minimum absolute atomic E-state index is 0.0166. The van der Waals surface area contributed by atoms with E-state index in [-0.39, 0.29) is 10.7 Å². The average molecular weight is 486 g/mol. The zero-order valence-corrected chi connectivity index (χ0v) is 19.2. The predicted molar refractivity (Wildman–Crippen MR) is 117 cm³/mol. The molecule has 0 radical (unpaired) electrons. The Hall–Kier alpha value is -2.64. The summed E-state index contributed by atoms with van der Waals surface area (Å²) in [5.41, 5.74) is 0.796. The van der Waals surface area contributed by atoms with Crippen molar-refractivity contribution in [1.82, 2.24) is 4.98 Å². The lowest BCUT2D eigenvalue weighted by atomic mass is 9.82. The Morgan fingerprint density at radius 1 is 0.906 bits per heavy atom. The van der Waals surface area contributed by atoms with E-state index in [2.05, 4.69) is 4.98 Å². The van der Waals surface area contributed by atoms with Crippen LogP contribution in [0.3, 0.4) is 0 Å². The predicted octanol–water partition coefficient (Wildman–Crippen LogP) is 6.92. The lowest BCUT2D eigenvalue weighted by Crippen LogP contribution is -2.14. The van der Waals surface area contributed by atoms with Crippen molar-refractivity contribution in [3.05, 3.63) is 80.6 Å². The lowest BCUT2D eigenvalue weighted by Gasteiger charge is -2.27. The third-order valence-corrected chi connectivity index (χ3v) is 5.80. The van der Waals surface area contributed by atoms with Crippen molar-refractivity contribution in [2.24, 2.45) is 0 Å². The van der Waals surface area contributed by atoms with Gasteiger partial charge in [0.15, 0.2) is 11.5 Å². The zero-order valence-electron chi connectivity index (χ0n) is 17.7. The summed E-state index contributed by atoms with van der Waals surface area (Å²) < 4.78 is 57.5. The number of methoxy groups -OCH3 is 3. The highest BCUT2D eigenvalue weighted by atomic mass is 35.5. The maximum atomic E-state index is 13.6. The Balaban J connectivity index is 2.46. The van der Waals surface area contributed by atoms with E-state index in [4.69, 9.17) is 37.4 Å². The van der Waals surface area contributed by atoms with Gasteiger partial charge in [0.05, 0.1) is 31.9 Å². The van der Waals surface area contributed by atoms with E-state index >= 15 is 0 Å². The van der Waals surface area contributed by atoms with E-state index in [0.29, 0.717) is 40.1 Å². The number of hydrogen-bond acceptors (Lipinski definition) is 4. The molecule has 4 nitrogen and oxygen atoms in total. The Bertz CT molecular complexity index is 1120. The maximum absolute atomic E-state index is 13.6. The van der Waals surface area contributed by atoms with Gasteiger partial charge in [-0.1, -0.05) is 53.5 Å². The average Bonchev–Trinajstić information content (AvgIpc) is 2.75. The minimum atomic E-state index is -4.71. The number of hydrogen-bond donors (Lipinski definition) is 0. The summed E-state index contributed by atoms with van der Waals surface area (Å²) in [7, 11) is 4.37.